The fourth-order valence-electron chi connectivity index (χ4n) is 3.44. The summed E-state index contributed by atoms with van der Waals surface area (Å²) < 4.78 is 0. The minimum atomic E-state index is -0.501. The Morgan fingerprint density at radius 2 is 1.80 bits per heavy atom. The lowest BCUT2D eigenvalue weighted by Gasteiger charge is -2.16. The normalized spacial score (nSPS) is 12.4. The van der Waals surface area contributed by atoms with Crippen LogP contribution in [0.25, 0.3) is 11.3 Å². The minimum Gasteiger partial charge on any atom is -0.312 e. The number of benzene rings is 2. The number of aromatic amines is 1. The summed E-state index contributed by atoms with van der Waals surface area (Å²) in [4.78, 5) is 38.5. The molecule has 1 aromatic heterocycles. The zero-order chi connectivity index (χ0) is 21.1. The van der Waals surface area contributed by atoms with E-state index in [2.05, 4.69) is 21.0 Å². The molecule has 152 valence electrons. The van der Waals surface area contributed by atoms with Crippen LogP contribution in [-0.4, -0.2) is 34.5 Å². The van der Waals surface area contributed by atoms with Gasteiger partial charge in [-0.15, -0.1) is 0 Å². The van der Waals surface area contributed by atoms with Gasteiger partial charge in [-0.3, -0.25) is 30.3 Å². The van der Waals surface area contributed by atoms with E-state index in [4.69, 9.17) is 0 Å². The van der Waals surface area contributed by atoms with Crippen molar-refractivity contribution in [3.05, 3.63) is 71.4 Å². The quantitative estimate of drug-likeness (QED) is 0.582. The number of amides is 3. The highest BCUT2D eigenvalue weighted by Gasteiger charge is 2.24. The zero-order valence-electron chi connectivity index (χ0n) is 16.4. The van der Waals surface area contributed by atoms with Crippen molar-refractivity contribution in [2.75, 3.05) is 11.4 Å². The van der Waals surface area contributed by atoms with Crippen molar-refractivity contribution in [1.82, 2.24) is 21.0 Å². The van der Waals surface area contributed by atoms with Crippen LogP contribution in [0.4, 0.5) is 5.69 Å². The number of nitrogens with one attached hydrogen (secondary N) is 3. The first kappa shape index (κ1) is 19.4. The summed E-state index contributed by atoms with van der Waals surface area (Å²) in [7, 11) is 0. The molecular formula is C22H21N5O3. The van der Waals surface area contributed by atoms with E-state index in [1.807, 2.05) is 37.3 Å². The van der Waals surface area contributed by atoms with E-state index in [1.165, 1.54) is 0 Å². The second kappa shape index (κ2) is 8.20. The van der Waals surface area contributed by atoms with Crippen LogP contribution in [0.5, 0.6) is 0 Å². The van der Waals surface area contributed by atoms with E-state index in [-0.39, 0.29) is 11.6 Å². The lowest BCUT2D eigenvalue weighted by atomic mass is 10.1. The van der Waals surface area contributed by atoms with Crippen LogP contribution in [0.1, 0.15) is 39.8 Å². The summed E-state index contributed by atoms with van der Waals surface area (Å²) in [6, 6.07) is 16.2. The Bertz CT molecular complexity index is 1110. The van der Waals surface area contributed by atoms with Crippen LogP contribution in [0, 0.1) is 0 Å². The fourth-order valence-corrected chi connectivity index (χ4v) is 3.44. The number of aromatic nitrogens is 2. The van der Waals surface area contributed by atoms with E-state index < -0.39 is 11.8 Å². The van der Waals surface area contributed by atoms with Gasteiger partial charge in [-0.05, 0) is 36.2 Å². The maximum atomic E-state index is 12.4. The Morgan fingerprint density at radius 3 is 2.57 bits per heavy atom. The SMILES string of the molecule is CCC(=O)N1CCc2cc(C(=O)NNC(=O)c3cc(-c4ccccc4)n[nH]3)ccc21. The molecule has 0 saturated carbocycles. The summed E-state index contributed by atoms with van der Waals surface area (Å²) >= 11 is 0. The molecule has 1 aliphatic rings. The zero-order valence-corrected chi connectivity index (χ0v) is 16.4. The molecule has 8 heteroatoms. The third kappa shape index (κ3) is 3.80. The molecule has 3 amide bonds. The topological polar surface area (TPSA) is 107 Å². The summed E-state index contributed by atoms with van der Waals surface area (Å²) in [5, 5.41) is 6.80. The first-order valence-electron chi connectivity index (χ1n) is 9.71. The molecule has 1 aliphatic heterocycles. The summed E-state index contributed by atoms with van der Waals surface area (Å²) in [6.45, 7) is 2.45. The summed E-state index contributed by atoms with van der Waals surface area (Å²) in [6.07, 6.45) is 1.14. The highest BCUT2D eigenvalue weighted by atomic mass is 16.2. The molecule has 0 fully saturated rings. The smallest absolute Gasteiger partial charge is 0.287 e. The second-order valence-corrected chi connectivity index (χ2v) is 6.93. The maximum absolute atomic E-state index is 12.4. The van der Waals surface area contributed by atoms with Crippen LogP contribution in [0.2, 0.25) is 0 Å². The van der Waals surface area contributed by atoms with Crippen LogP contribution in [-0.2, 0) is 11.2 Å². The summed E-state index contributed by atoms with van der Waals surface area (Å²) in [5.74, 6) is -0.874. The Kier molecular flexibility index (Phi) is 5.30. The minimum absolute atomic E-state index is 0.0626. The molecule has 0 aliphatic carbocycles. The Labute approximate surface area is 173 Å². The molecule has 0 unspecified atom stereocenters. The molecule has 2 aromatic carbocycles. The van der Waals surface area contributed by atoms with Gasteiger partial charge in [-0.2, -0.15) is 5.10 Å². The Hall–Kier alpha value is -3.94. The molecule has 3 N–H and O–H groups in total. The number of hydrogen-bond donors (Lipinski definition) is 3. The van der Waals surface area contributed by atoms with Gasteiger partial charge in [-0.25, -0.2) is 0 Å². The number of carbonyl (C=O) groups is 3. The number of rotatable bonds is 4. The largest absolute Gasteiger partial charge is 0.312 e. The van der Waals surface area contributed by atoms with Crippen LogP contribution in [0.3, 0.4) is 0 Å². The third-order valence-electron chi connectivity index (χ3n) is 5.02. The third-order valence-corrected chi connectivity index (χ3v) is 5.02. The van der Waals surface area contributed by atoms with Crippen molar-refractivity contribution in [3.63, 3.8) is 0 Å². The molecule has 8 nitrogen and oxygen atoms in total. The molecule has 3 aromatic rings. The molecule has 0 radical (unpaired) electrons. The van der Waals surface area contributed by atoms with Gasteiger partial charge in [0.05, 0.1) is 5.69 Å². The molecule has 0 saturated heterocycles. The van der Waals surface area contributed by atoms with Crippen LogP contribution >= 0.6 is 0 Å². The molecule has 30 heavy (non-hydrogen) atoms. The number of anilines is 1. The van der Waals surface area contributed by atoms with E-state index in [1.54, 1.807) is 29.2 Å². The van der Waals surface area contributed by atoms with Crippen LogP contribution < -0.4 is 15.8 Å². The first-order valence-corrected chi connectivity index (χ1v) is 9.71. The second-order valence-electron chi connectivity index (χ2n) is 6.93. The summed E-state index contributed by atoms with van der Waals surface area (Å²) in [5.41, 5.74) is 8.75. The van der Waals surface area contributed by atoms with Crippen molar-refractivity contribution in [2.45, 2.75) is 19.8 Å². The van der Waals surface area contributed by atoms with Gasteiger partial charge in [0.2, 0.25) is 5.91 Å². The highest BCUT2D eigenvalue weighted by molar-refractivity contribution is 6.00. The van der Waals surface area contributed by atoms with Gasteiger partial charge in [0.25, 0.3) is 11.8 Å². The van der Waals surface area contributed by atoms with Crippen molar-refractivity contribution in [1.29, 1.82) is 0 Å². The first-order chi connectivity index (χ1) is 14.6. The van der Waals surface area contributed by atoms with Gasteiger partial charge < -0.3 is 4.90 Å². The number of hydrogen-bond acceptors (Lipinski definition) is 4. The standard InChI is InChI=1S/C22H21N5O3/c1-2-20(28)27-11-10-15-12-16(8-9-19(15)27)21(29)25-26-22(30)18-13-17(23-24-18)14-6-4-3-5-7-14/h3-9,12-13H,2,10-11H2,1H3,(H,23,24)(H,25,29)(H,26,30). The highest BCUT2D eigenvalue weighted by Crippen LogP contribution is 2.29. The van der Waals surface area contributed by atoms with Gasteiger partial charge in [0, 0.05) is 29.8 Å². The Morgan fingerprint density at radius 1 is 1.03 bits per heavy atom. The predicted molar refractivity (Wildman–Crippen MR) is 112 cm³/mol. The molecule has 4 rings (SSSR count). The van der Waals surface area contributed by atoms with Crippen molar-refractivity contribution in [2.24, 2.45) is 0 Å². The van der Waals surface area contributed by atoms with Crippen LogP contribution in [0.15, 0.2) is 54.6 Å². The number of fused-ring (bicyclic) bond motifs is 1. The fraction of sp³-hybridized carbons (Fsp3) is 0.182. The van der Waals surface area contributed by atoms with Crippen molar-refractivity contribution in [3.8, 4) is 11.3 Å². The van der Waals surface area contributed by atoms with E-state index in [0.717, 1.165) is 16.8 Å². The van der Waals surface area contributed by atoms with Crippen molar-refractivity contribution >= 4 is 23.4 Å². The van der Waals surface area contributed by atoms with Gasteiger partial charge >= 0.3 is 0 Å². The van der Waals surface area contributed by atoms with Gasteiger partial charge in [0.15, 0.2) is 0 Å². The molecule has 0 spiro atoms. The van der Waals surface area contributed by atoms with Gasteiger partial charge in [0.1, 0.15) is 5.69 Å². The molecule has 0 bridgehead atoms. The number of hydrazine groups is 1. The van der Waals surface area contributed by atoms with E-state index >= 15 is 0 Å². The van der Waals surface area contributed by atoms with Gasteiger partial charge in [-0.1, -0.05) is 37.3 Å². The number of nitrogens with zero attached hydrogens (tertiary/aromatic N) is 2. The maximum Gasteiger partial charge on any atom is 0.287 e. The monoisotopic (exact) mass is 403 g/mol. The lowest BCUT2D eigenvalue weighted by Crippen LogP contribution is -2.41. The van der Waals surface area contributed by atoms with E-state index in [0.29, 0.717) is 30.6 Å². The number of H-pyrrole nitrogens is 1. The Balaban J connectivity index is 1.39. The average Bonchev–Trinajstić information content (AvgIpc) is 3.44. The number of carbonyl (C=O) groups excluding carboxylic acids is 3. The average molecular weight is 403 g/mol. The lowest BCUT2D eigenvalue weighted by molar-refractivity contribution is -0.118. The molecular weight excluding hydrogens is 382 g/mol. The van der Waals surface area contributed by atoms with Crippen molar-refractivity contribution < 1.29 is 14.4 Å². The van der Waals surface area contributed by atoms with E-state index in [9.17, 15) is 14.4 Å². The predicted octanol–water partition coefficient (Wildman–Crippen LogP) is 2.45. The molecule has 2 heterocycles. The molecule has 0 atom stereocenters.